The summed E-state index contributed by atoms with van der Waals surface area (Å²) in [5, 5.41) is 0. The summed E-state index contributed by atoms with van der Waals surface area (Å²) >= 11 is 0. The Morgan fingerprint density at radius 2 is 2.06 bits per heavy atom. The number of aromatic nitrogens is 1. The second-order valence-corrected chi connectivity index (χ2v) is 4.59. The second-order valence-electron chi connectivity index (χ2n) is 4.59. The highest BCUT2D eigenvalue weighted by Crippen LogP contribution is 2.13. The first kappa shape index (κ1) is 13.0. The molecule has 90 valence electrons. The highest BCUT2D eigenvalue weighted by Gasteiger charge is 2.01. The second kappa shape index (κ2) is 6.48. The maximum Gasteiger partial charge on any atom is 0.137 e. The summed E-state index contributed by atoms with van der Waals surface area (Å²) in [6, 6.07) is 3.83. The topological polar surface area (TPSA) is 48.1 Å². The van der Waals surface area contributed by atoms with E-state index in [1.807, 2.05) is 19.1 Å². The number of rotatable bonds is 6. The van der Waals surface area contributed by atoms with Crippen molar-refractivity contribution < 1.29 is 4.74 Å². The number of pyridine rings is 1. The fraction of sp³-hybridized carbons (Fsp3) is 0.615. The number of hydrogen-bond donors (Lipinski definition) is 1. The van der Waals surface area contributed by atoms with Crippen LogP contribution in [-0.4, -0.2) is 11.6 Å². The zero-order chi connectivity index (χ0) is 12.0. The maximum atomic E-state index is 5.72. The molecule has 0 spiro atoms. The predicted molar refractivity (Wildman–Crippen MR) is 66.4 cm³/mol. The molecule has 0 saturated carbocycles. The highest BCUT2D eigenvalue weighted by molar-refractivity contribution is 5.21. The summed E-state index contributed by atoms with van der Waals surface area (Å²) < 4.78 is 5.59. The highest BCUT2D eigenvalue weighted by atomic mass is 16.5. The van der Waals surface area contributed by atoms with Gasteiger partial charge in [0.1, 0.15) is 5.75 Å². The SMILES string of the molecule is CC(C)CCCOc1ccc([C@@H](C)N)nc1. The van der Waals surface area contributed by atoms with Crippen LogP contribution in [0.1, 0.15) is 45.3 Å². The average Bonchev–Trinajstić information content (AvgIpc) is 2.25. The molecule has 0 unspecified atom stereocenters. The maximum absolute atomic E-state index is 5.72. The molecule has 0 saturated heterocycles. The van der Waals surface area contributed by atoms with E-state index in [1.165, 1.54) is 6.42 Å². The smallest absolute Gasteiger partial charge is 0.137 e. The van der Waals surface area contributed by atoms with E-state index in [0.717, 1.165) is 30.4 Å². The van der Waals surface area contributed by atoms with Gasteiger partial charge in [-0.1, -0.05) is 13.8 Å². The number of hydrogen-bond acceptors (Lipinski definition) is 3. The van der Waals surface area contributed by atoms with Gasteiger partial charge in [0.2, 0.25) is 0 Å². The third kappa shape index (κ3) is 4.62. The van der Waals surface area contributed by atoms with Crippen LogP contribution in [0.25, 0.3) is 0 Å². The molecule has 0 aliphatic heterocycles. The van der Waals surface area contributed by atoms with E-state index < -0.39 is 0 Å². The van der Waals surface area contributed by atoms with Crippen LogP contribution >= 0.6 is 0 Å². The van der Waals surface area contributed by atoms with Crippen molar-refractivity contribution in [1.29, 1.82) is 0 Å². The van der Waals surface area contributed by atoms with Gasteiger partial charge in [-0.3, -0.25) is 4.98 Å². The first-order chi connectivity index (χ1) is 7.59. The van der Waals surface area contributed by atoms with Crippen molar-refractivity contribution in [2.24, 2.45) is 11.7 Å². The molecule has 1 rings (SSSR count). The first-order valence-electron chi connectivity index (χ1n) is 5.94. The Labute approximate surface area is 98.0 Å². The van der Waals surface area contributed by atoms with E-state index in [0.29, 0.717) is 0 Å². The van der Waals surface area contributed by atoms with Crippen LogP contribution in [0.4, 0.5) is 0 Å². The Morgan fingerprint density at radius 3 is 2.56 bits per heavy atom. The first-order valence-corrected chi connectivity index (χ1v) is 5.94. The van der Waals surface area contributed by atoms with E-state index in [9.17, 15) is 0 Å². The Balaban J connectivity index is 2.32. The average molecular weight is 222 g/mol. The minimum absolute atomic E-state index is 0.0185. The van der Waals surface area contributed by atoms with Gasteiger partial charge in [-0.2, -0.15) is 0 Å². The lowest BCUT2D eigenvalue weighted by atomic mass is 10.1. The molecule has 3 nitrogen and oxygen atoms in total. The van der Waals surface area contributed by atoms with Crippen molar-refractivity contribution in [3.63, 3.8) is 0 Å². The summed E-state index contributed by atoms with van der Waals surface area (Å²) in [4.78, 5) is 4.24. The van der Waals surface area contributed by atoms with Gasteiger partial charge in [0, 0.05) is 6.04 Å². The zero-order valence-corrected chi connectivity index (χ0v) is 10.4. The van der Waals surface area contributed by atoms with E-state index in [-0.39, 0.29) is 6.04 Å². The summed E-state index contributed by atoms with van der Waals surface area (Å²) in [5.74, 6) is 1.57. The van der Waals surface area contributed by atoms with E-state index >= 15 is 0 Å². The molecule has 0 aliphatic carbocycles. The standard InChI is InChI=1S/C13H22N2O/c1-10(2)5-4-8-16-12-6-7-13(11(3)14)15-9-12/h6-7,9-11H,4-5,8,14H2,1-3H3/t11-/m1/s1. The minimum atomic E-state index is -0.0185. The molecule has 0 radical (unpaired) electrons. The van der Waals surface area contributed by atoms with Crippen molar-refractivity contribution >= 4 is 0 Å². The predicted octanol–water partition coefficient (Wildman–Crippen LogP) is 2.92. The van der Waals surface area contributed by atoms with Crippen LogP contribution in [0.2, 0.25) is 0 Å². The molecule has 0 amide bonds. The summed E-state index contributed by atoms with van der Waals surface area (Å²) in [6.45, 7) is 7.13. The molecular formula is C13H22N2O. The lowest BCUT2D eigenvalue weighted by Crippen LogP contribution is -2.07. The van der Waals surface area contributed by atoms with Crippen LogP contribution < -0.4 is 10.5 Å². The third-order valence-electron chi connectivity index (χ3n) is 2.42. The number of ether oxygens (including phenoxy) is 1. The zero-order valence-electron chi connectivity index (χ0n) is 10.4. The van der Waals surface area contributed by atoms with E-state index in [4.69, 9.17) is 10.5 Å². The van der Waals surface area contributed by atoms with Crippen LogP contribution in [0.5, 0.6) is 5.75 Å². The summed E-state index contributed by atoms with van der Waals surface area (Å²) in [5.41, 5.74) is 6.61. The van der Waals surface area contributed by atoms with Gasteiger partial charge in [-0.15, -0.1) is 0 Å². The quantitative estimate of drug-likeness (QED) is 0.753. The molecule has 2 N–H and O–H groups in total. The lowest BCUT2D eigenvalue weighted by Gasteiger charge is -2.09. The third-order valence-corrected chi connectivity index (χ3v) is 2.42. The molecule has 0 aromatic carbocycles. The van der Waals surface area contributed by atoms with Crippen molar-refractivity contribution in [3.05, 3.63) is 24.0 Å². The van der Waals surface area contributed by atoms with E-state index in [1.54, 1.807) is 6.20 Å². The van der Waals surface area contributed by atoms with Crippen LogP contribution in [0, 0.1) is 5.92 Å². The fourth-order valence-corrected chi connectivity index (χ4v) is 1.43. The van der Waals surface area contributed by atoms with Gasteiger partial charge < -0.3 is 10.5 Å². The number of nitrogens with zero attached hydrogens (tertiary/aromatic N) is 1. The molecule has 3 heteroatoms. The van der Waals surface area contributed by atoms with Crippen molar-refractivity contribution in [3.8, 4) is 5.75 Å². The van der Waals surface area contributed by atoms with Gasteiger partial charge in [0.05, 0.1) is 18.5 Å². The van der Waals surface area contributed by atoms with Crippen LogP contribution in [0.3, 0.4) is 0 Å². The van der Waals surface area contributed by atoms with Gasteiger partial charge >= 0.3 is 0 Å². The molecule has 1 heterocycles. The van der Waals surface area contributed by atoms with Crippen molar-refractivity contribution in [1.82, 2.24) is 4.98 Å². The Hall–Kier alpha value is -1.09. The van der Waals surface area contributed by atoms with E-state index in [2.05, 4.69) is 18.8 Å². The fourth-order valence-electron chi connectivity index (χ4n) is 1.43. The normalized spacial score (nSPS) is 12.8. The van der Waals surface area contributed by atoms with Crippen molar-refractivity contribution in [2.45, 2.75) is 39.7 Å². The van der Waals surface area contributed by atoms with Gasteiger partial charge in [-0.05, 0) is 37.8 Å². The van der Waals surface area contributed by atoms with Crippen LogP contribution in [-0.2, 0) is 0 Å². The summed E-state index contributed by atoms with van der Waals surface area (Å²) in [7, 11) is 0. The minimum Gasteiger partial charge on any atom is -0.492 e. The van der Waals surface area contributed by atoms with Crippen molar-refractivity contribution in [2.75, 3.05) is 6.61 Å². The molecule has 1 aromatic rings. The number of nitrogens with two attached hydrogens (primary N) is 1. The molecule has 0 bridgehead atoms. The monoisotopic (exact) mass is 222 g/mol. The van der Waals surface area contributed by atoms with Gasteiger partial charge in [-0.25, -0.2) is 0 Å². The molecule has 1 aromatic heterocycles. The Bertz CT molecular complexity index is 293. The molecule has 0 aliphatic rings. The molecular weight excluding hydrogens is 200 g/mol. The molecule has 1 atom stereocenters. The Kier molecular flexibility index (Phi) is 5.26. The van der Waals surface area contributed by atoms with Gasteiger partial charge in [0.25, 0.3) is 0 Å². The molecule has 0 fully saturated rings. The summed E-state index contributed by atoms with van der Waals surface area (Å²) in [6.07, 6.45) is 4.03. The Morgan fingerprint density at radius 1 is 1.31 bits per heavy atom. The lowest BCUT2D eigenvalue weighted by molar-refractivity contribution is 0.296. The van der Waals surface area contributed by atoms with Gasteiger partial charge in [0.15, 0.2) is 0 Å². The largest absolute Gasteiger partial charge is 0.492 e. The molecule has 16 heavy (non-hydrogen) atoms. The van der Waals surface area contributed by atoms with Crippen LogP contribution in [0.15, 0.2) is 18.3 Å².